The Kier molecular flexibility index (Phi) is 10.8. The molecule has 0 rings (SSSR count). The van der Waals surface area contributed by atoms with Crippen LogP contribution in [0.1, 0.15) is 64.7 Å². The molecular formula is C13H23NO5. The summed E-state index contributed by atoms with van der Waals surface area (Å²) >= 11 is 0. The van der Waals surface area contributed by atoms with Gasteiger partial charge in [0.25, 0.3) is 0 Å². The zero-order valence-electron chi connectivity index (χ0n) is 11.4. The average molecular weight is 273 g/mol. The van der Waals surface area contributed by atoms with Crippen molar-refractivity contribution in [2.75, 3.05) is 0 Å². The number of unbranched alkanes of at least 4 members (excludes halogenated alkanes) is 5. The maximum Gasteiger partial charge on any atom is 0.342 e. The molecule has 0 radical (unpaired) electrons. The lowest BCUT2D eigenvalue weighted by molar-refractivity contribution is -0.234. The van der Waals surface area contributed by atoms with Gasteiger partial charge in [0, 0.05) is 12.8 Å². The van der Waals surface area contributed by atoms with Gasteiger partial charge in [-0.2, -0.15) is 5.26 Å². The van der Waals surface area contributed by atoms with E-state index >= 15 is 0 Å². The minimum atomic E-state index is -0.890. The third-order valence-electron chi connectivity index (χ3n) is 2.69. The van der Waals surface area contributed by atoms with Crippen LogP contribution in [0.3, 0.4) is 0 Å². The first-order chi connectivity index (χ1) is 9.10. The zero-order chi connectivity index (χ0) is 14.5. The number of imide groups is 1. The Hall–Kier alpha value is -1.43. The van der Waals surface area contributed by atoms with Crippen LogP contribution in [0, 0.1) is 0 Å². The molecule has 0 saturated carbocycles. The van der Waals surface area contributed by atoms with Crippen LogP contribution in [-0.4, -0.2) is 23.0 Å². The first kappa shape index (κ1) is 17.6. The number of carbonyl (C=O) groups is 3. The SMILES string of the molecule is CCCCCCCCC(=O)NC(=O)CCC(=O)OO. The largest absolute Gasteiger partial charge is 0.342 e. The summed E-state index contributed by atoms with van der Waals surface area (Å²) in [6.07, 6.45) is 6.35. The molecule has 0 spiro atoms. The van der Waals surface area contributed by atoms with Gasteiger partial charge in [-0.1, -0.05) is 39.0 Å². The number of carbonyl (C=O) groups excluding carboxylic acids is 3. The molecule has 0 aromatic carbocycles. The summed E-state index contributed by atoms with van der Waals surface area (Å²) in [6.45, 7) is 2.14. The van der Waals surface area contributed by atoms with Gasteiger partial charge in [-0.25, -0.2) is 4.79 Å². The molecule has 0 aliphatic heterocycles. The van der Waals surface area contributed by atoms with Crippen molar-refractivity contribution in [1.29, 1.82) is 0 Å². The van der Waals surface area contributed by atoms with Gasteiger partial charge in [0.1, 0.15) is 0 Å². The molecule has 6 nitrogen and oxygen atoms in total. The van der Waals surface area contributed by atoms with Crippen LogP contribution in [0.2, 0.25) is 0 Å². The van der Waals surface area contributed by atoms with Gasteiger partial charge in [0.05, 0.1) is 6.42 Å². The van der Waals surface area contributed by atoms with E-state index in [1.165, 1.54) is 19.3 Å². The molecule has 2 N–H and O–H groups in total. The Labute approximate surface area is 113 Å². The minimum absolute atomic E-state index is 0.165. The van der Waals surface area contributed by atoms with Crippen LogP contribution in [0.5, 0.6) is 0 Å². The van der Waals surface area contributed by atoms with E-state index in [-0.39, 0.29) is 18.7 Å². The van der Waals surface area contributed by atoms with Crippen molar-refractivity contribution in [1.82, 2.24) is 5.32 Å². The van der Waals surface area contributed by atoms with E-state index in [9.17, 15) is 14.4 Å². The lowest BCUT2D eigenvalue weighted by atomic mass is 10.1. The Balaban J connectivity index is 3.52. The lowest BCUT2D eigenvalue weighted by Gasteiger charge is -2.03. The molecule has 0 aliphatic carbocycles. The highest BCUT2D eigenvalue weighted by atomic mass is 17.1. The van der Waals surface area contributed by atoms with Crippen molar-refractivity contribution in [3.05, 3.63) is 0 Å². The van der Waals surface area contributed by atoms with Crippen LogP contribution >= 0.6 is 0 Å². The Morgan fingerprint density at radius 3 is 2.11 bits per heavy atom. The van der Waals surface area contributed by atoms with Gasteiger partial charge in [-0.05, 0) is 6.42 Å². The summed E-state index contributed by atoms with van der Waals surface area (Å²) in [5.41, 5.74) is 0. The van der Waals surface area contributed by atoms with E-state index in [2.05, 4.69) is 17.1 Å². The van der Waals surface area contributed by atoms with E-state index in [1.54, 1.807) is 0 Å². The van der Waals surface area contributed by atoms with Crippen LogP contribution in [0.4, 0.5) is 0 Å². The van der Waals surface area contributed by atoms with Crippen LogP contribution in [-0.2, 0) is 19.3 Å². The standard InChI is InChI=1S/C13H23NO5/c1-2-3-4-5-6-7-8-11(15)14-12(16)9-10-13(17)19-18/h18H,2-10H2,1H3,(H,14,15,16). The molecule has 0 unspecified atom stereocenters. The van der Waals surface area contributed by atoms with E-state index in [1.807, 2.05) is 0 Å². The molecule has 0 heterocycles. The fourth-order valence-corrected chi connectivity index (χ4v) is 1.61. The van der Waals surface area contributed by atoms with Crippen molar-refractivity contribution in [3.8, 4) is 0 Å². The third-order valence-corrected chi connectivity index (χ3v) is 2.69. The summed E-state index contributed by atoms with van der Waals surface area (Å²) in [7, 11) is 0. The Morgan fingerprint density at radius 2 is 1.47 bits per heavy atom. The smallest absolute Gasteiger partial charge is 0.301 e. The van der Waals surface area contributed by atoms with Crippen molar-refractivity contribution in [2.45, 2.75) is 64.7 Å². The van der Waals surface area contributed by atoms with Gasteiger partial charge < -0.3 is 4.89 Å². The molecule has 110 valence electrons. The first-order valence-electron chi connectivity index (χ1n) is 6.77. The molecule has 0 aliphatic rings. The van der Waals surface area contributed by atoms with Crippen molar-refractivity contribution in [3.63, 3.8) is 0 Å². The number of amides is 2. The second-order valence-corrected chi connectivity index (χ2v) is 4.45. The van der Waals surface area contributed by atoms with E-state index in [0.717, 1.165) is 19.3 Å². The highest BCUT2D eigenvalue weighted by molar-refractivity contribution is 5.96. The molecule has 19 heavy (non-hydrogen) atoms. The van der Waals surface area contributed by atoms with Gasteiger partial charge in [0.15, 0.2) is 0 Å². The molecule has 0 fully saturated rings. The van der Waals surface area contributed by atoms with Gasteiger partial charge in [-0.15, -0.1) is 0 Å². The Bertz CT molecular complexity index is 291. The third kappa shape index (κ3) is 11.4. The Morgan fingerprint density at radius 1 is 0.895 bits per heavy atom. The molecule has 0 aromatic heterocycles. The van der Waals surface area contributed by atoms with Crippen LogP contribution in [0.25, 0.3) is 0 Å². The molecule has 0 atom stereocenters. The van der Waals surface area contributed by atoms with Crippen molar-refractivity contribution >= 4 is 17.8 Å². The quantitative estimate of drug-likeness (QED) is 0.361. The molecule has 0 saturated heterocycles. The molecule has 0 bridgehead atoms. The first-order valence-corrected chi connectivity index (χ1v) is 6.77. The predicted molar refractivity (Wildman–Crippen MR) is 69.1 cm³/mol. The molecule has 6 heteroatoms. The topological polar surface area (TPSA) is 92.7 Å². The van der Waals surface area contributed by atoms with Crippen LogP contribution in [0.15, 0.2) is 0 Å². The molecular weight excluding hydrogens is 250 g/mol. The highest BCUT2D eigenvalue weighted by Crippen LogP contribution is 2.06. The summed E-state index contributed by atoms with van der Waals surface area (Å²) < 4.78 is 0. The fraction of sp³-hybridized carbons (Fsp3) is 0.769. The van der Waals surface area contributed by atoms with Gasteiger partial charge >= 0.3 is 5.97 Å². The second kappa shape index (κ2) is 11.6. The fourth-order valence-electron chi connectivity index (χ4n) is 1.61. The second-order valence-electron chi connectivity index (χ2n) is 4.45. The number of rotatable bonds is 10. The van der Waals surface area contributed by atoms with Crippen molar-refractivity contribution < 1.29 is 24.5 Å². The summed E-state index contributed by atoms with van der Waals surface area (Å²) in [5, 5.41) is 10.2. The maximum atomic E-state index is 11.4. The minimum Gasteiger partial charge on any atom is -0.301 e. The highest BCUT2D eigenvalue weighted by Gasteiger charge is 2.10. The summed E-state index contributed by atoms with van der Waals surface area (Å²) in [6, 6.07) is 0. The average Bonchev–Trinajstić information content (AvgIpc) is 2.39. The maximum absolute atomic E-state index is 11.4. The normalized spacial score (nSPS) is 10.0. The van der Waals surface area contributed by atoms with E-state index in [0.29, 0.717) is 6.42 Å². The number of hydrogen-bond donors (Lipinski definition) is 2. The predicted octanol–water partition coefficient (Wildman–Crippen LogP) is 2.18. The number of hydrogen-bond acceptors (Lipinski definition) is 5. The number of nitrogens with one attached hydrogen (secondary N) is 1. The van der Waals surface area contributed by atoms with Crippen LogP contribution < -0.4 is 5.32 Å². The van der Waals surface area contributed by atoms with Gasteiger partial charge in [0.2, 0.25) is 11.8 Å². The summed E-state index contributed by atoms with van der Waals surface area (Å²) in [4.78, 5) is 36.6. The zero-order valence-corrected chi connectivity index (χ0v) is 11.4. The van der Waals surface area contributed by atoms with Gasteiger partial charge in [-0.3, -0.25) is 14.9 Å². The monoisotopic (exact) mass is 273 g/mol. The van der Waals surface area contributed by atoms with E-state index in [4.69, 9.17) is 5.26 Å². The summed E-state index contributed by atoms with van der Waals surface area (Å²) in [5.74, 6) is -1.74. The molecule has 2 amide bonds. The van der Waals surface area contributed by atoms with Crippen molar-refractivity contribution in [2.24, 2.45) is 0 Å². The lowest BCUT2D eigenvalue weighted by Crippen LogP contribution is -2.30. The molecule has 0 aromatic rings. The van der Waals surface area contributed by atoms with E-state index < -0.39 is 11.9 Å².